The number of anilines is 1. The molecule has 0 aliphatic heterocycles. The maximum Gasteiger partial charge on any atom is 0.261 e. The van der Waals surface area contributed by atoms with E-state index in [9.17, 15) is 16.8 Å². The van der Waals surface area contributed by atoms with Crippen LogP contribution in [0.2, 0.25) is 0 Å². The van der Waals surface area contributed by atoms with Crippen LogP contribution in [-0.4, -0.2) is 36.6 Å². The fourth-order valence-corrected chi connectivity index (χ4v) is 4.95. The summed E-state index contributed by atoms with van der Waals surface area (Å²) >= 11 is 0. The summed E-state index contributed by atoms with van der Waals surface area (Å²) in [5.74, 6) is 0. The van der Waals surface area contributed by atoms with Gasteiger partial charge in [0.1, 0.15) is 0 Å². The Balaban J connectivity index is 2.16. The number of hydrogen-bond donors (Lipinski definition) is 2. The molecule has 0 heterocycles. The zero-order valence-corrected chi connectivity index (χ0v) is 18.9. The van der Waals surface area contributed by atoms with Gasteiger partial charge in [-0.05, 0) is 54.3 Å². The van der Waals surface area contributed by atoms with E-state index in [0.717, 1.165) is 5.56 Å². The molecule has 0 aliphatic carbocycles. The van der Waals surface area contributed by atoms with E-state index in [-0.39, 0.29) is 33.5 Å². The van der Waals surface area contributed by atoms with E-state index in [1.54, 1.807) is 31.2 Å². The number of methoxy groups -OCH3 is 1. The van der Waals surface area contributed by atoms with Crippen LogP contribution in [0.15, 0.2) is 58.3 Å². The van der Waals surface area contributed by atoms with Crippen LogP contribution in [0.1, 0.15) is 33.3 Å². The van der Waals surface area contributed by atoms with Crippen molar-refractivity contribution >= 4 is 25.7 Å². The molecule has 0 radical (unpaired) electrons. The topological polar surface area (TPSA) is 102 Å². The number of nitrogens with one attached hydrogen (secondary N) is 2. The Bertz CT molecular complexity index is 1020. The van der Waals surface area contributed by atoms with Gasteiger partial charge in [-0.15, -0.1) is 0 Å². The molecule has 0 saturated heterocycles. The third-order valence-electron chi connectivity index (χ3n) is 4.22. The summed E-state index contributed by atoms with van der Waals surface area (Å²) in [6, 6.07) is 11.8. The van der Waals surface area contributed by atoms with E-state index in [4.69, 9.17) is 4.74 Å². The Kier molecular flexibility index (Phi) is 7.10. The van der Waals surface area contributed by atoms with Crippen molar-refractivity contribution in [3.05, 3.63) is 54.1 Å². The third-order valence-corrected chi connectivity index (χ3v) is 7.22. The predicted octanol–water partition coefficient (Wildman–Crippen LogP) is 3.10. The van der Waals surface area contributed by atoms with Crippen molar-refractivity contribution in [1.82, 2.24) is 4.72 Å². The molecule has 0 bridgehead atoms. The summed E-state index contributed by atoms with van der Waals surface area (Å²) in [6.45, 7) is 8.08. The van der Waals surface area contributed by atoms with Crippen LogP contribution >= 0.6 is 0 Å². The van der Waals surface area contributed by atoms with Crippen molar-refractivity contribution in [2.75, 3.05) is 18.4 Å². The smallest absolute Gasteiger partial charge is 0.261 e. The van der Waals surface area contributed by atoms with Gasteiger partial charge in [0.15, 0.2) is 0 Å². The predicted molar refractivity (Wildman–Crippen MR) is 114 cm³/mol. The highest BCUT2D eigenvalue weighted by atomic mass is 32.2. The molecule has 0 saturated carbocycles. The molecule has 0 aromatic heterocycles. The first kappa shape index (κ1) is 23.3. The lowest BCUT2D eigenvalue weighted by molar-refractivity contribution is 0.180. The van der Waals surface area contributed by atoms with Gasteiger partial charge in [0.25, 0.3) is 10.0 Å². The van der Waals surface area contributed by atoms with Gasteiger partial charge in [0, 0.05) is 18.8 Å². The number of sulfonamides is 2. The molecule has 160 valence electrons. The van der Waals surface area contributed by atoms with E-state index >= 15 is 0 Å². The highest BCUT2D eigenvalue weighted by Gasteiger charge is 2.20. The van der Waals surface area contributed by atoms with E-state index in [2.05, 4.69) is 30.2 Å². The lowest BCUT2D eigenvalue weighted by Crippen LogP contribution is -2.35. The molecular formula is C20H28N2O5S2. The zero-order chi connectivity index (χ0) is 21.9. The zero-order valence-electron chi connectivity index (χ0n) is 17.3. The van der Waals surface area contributed by atoms with Crippen LogP contribution in [0.4, 0.5) is 5.69 Å². The van der Waals surface area contributed by atoms with Crippen LogP contribution in [0, 0.1) is 0 Å². The molecule has 29 heavy (non-hydrogen) atoms. The number of hydrogen-bond acceptors (Lipinski definition) is 5. The standard InChI is InChI=1S/C20H28N2O5S2/c1-15(14-27-5)21-28(23,24)19-12-8-17(9-13-19)22-29(25,26)18-10-6-16(7-11-18)20(2,3)4/h6-13,15,21-22H,14H2,1-5H3. The largest absolute Gasteiger partial charge is 0.383 e. The maximum atomic E-state index is 12.6. The SMILES string of the molecule is COCC(C)NS(=O)(=O)c1ccc(NS(=O)(=O)c2ccc(C(C)(C)C)cc2)cc1. The molecule has 0 aliphatic rings. The molecule has 9 heteroatoms. The molecule has 1 unspecified atom stereocenters. The van der Waals surface area contributed by atoms with Crippen LogP contribution in [0.3, 0.4) is 0 Å². The molecular weight excluding hydrogens is 412 g/mol. The number of rotatable bonds is 8. The number of ether oxygens (including phenoxy) is 1. The summed E-state index contributed by atoms with van der Waals surface area (Å²) in [7, 11) is -6.01. The average Bonchev–Trinajstić information content (AvgIpc) is 2.61. The average molecular weight is 441 g/mol. The highest BCUT2D eigenvalue weighted by molar-refractivity contribution is 7.92. The van der Waals surface area contributed by atoms with Gasteiger partial charge in [-0.1, -0.05) is 32.9 Å². The van der Waals surface area contributed by atoms with Gasteiger partial charge in [-0.25, -0.2) is 21.6 Å². The first-order valence-corrected chi connectivity index (χ1v) is 12.1. The van der Waals surface area contributed by atoms with Crippen LogP contribution in [0.25, 0.3) is 0 Å². The van der Waals surface area contributed by atoms with E-state index in [0.29, 0.717) is 0 Å². The minimum absolute atomic E-state index is 0.0398. The van der Waals surface area contributed by atoms with Crippen LogP contribution in [0.5, 0.6) is 0 Å². The Hall–Kier alpha value is -1.94. The molecule has 7 nitrogen and oxygen atoms in total. The van der Waals surface area contributed by atoms with Crippen molar-refractivity contribution in [2.24, 2.45) is 0 Å². The van der Waals surface area contributed by atoms with Gasteiger partial charge >= 0.3 is 0 Å². The fourth-order valence-electron chi connectivity index (χ4n) is 2.67. The normalized spacial score (nSPS) is 13.8. The van der Waals surface area contributed by atoms with Crippen molar-refractivity contribution in [3.63, 3.8) is 0 Å². The third kappa shape index (κ3) is 6.27. The monoisotopic (exact) mass is 440 g/mol. The lowest BCUT2D eigenvalue weighted by atomic mass is 9.87. The minimum Gasteiger partial charge on any atom is -0.383 e. The second-order valence-corrected chi connectivity index (χ2v) is 11.3. The van der Waals surface area contributed by atoms with Gasteiger partial charge < -0.3 is 4.74 Å². The summed E-state index contributed by atoms with van der Waals surface area (Å²) in [4.78, 5) is 0.176. The van der Waals surface area contributed by atoms with Gasteiger partial charge in [0.2, 0.25) is 10.0 Å². The Morgan fingerprint density at radius 2 is 1.34 bits per heavy atom. The first-order valence-electron chi connectivity index (χ1n) is 9.10. The van der Waals surface area contributed by atoms with Crippen molar-refractivity contribution < 1.29 is 21.6 Å². The molecule has 2 aromatic rings. The van der Waals surface area contributed by atoms with E-state index < -0.39 is 20.0 Å². The number of benzene rings is 2. The Morgan fingerprint density at radius 1 is 0.862 bits per heavy atom. The van der Waals surface area contributed by atoms with Gasteiger partial charge in [0.05, 0.1) is 16.4 Å². The second kappa shape index (κ2) is 8.83. The van der Waals surface area contributed by atoms with Crippen molar-refractivity contribution in [3.8, 4) is 0 Å². The Morgan fingerprint density at radius 3 is 1.83 bits per heavy atom. The molecule has 0 spiro atoms. The van der Waals surface area contributed by atoms with Gasteiger partial charge in [-0.3, -0.25) is 4.72 Å². The molecule has 0 fully saturated rings. The van der Waals surface area contributed by atoms with Crippen molar-refractivity contribution in [2.45, 2.75) is 48.9 Å². The summed E-state index contributed by atoms with van der Waals surface area (Å²) in [5, 5.41) is 0. The van der Waals surface area contributed by atoms with E-state index in [1.807, 2.05) is 0 Å². The molecule has 2 aromatic carbocycles. The summed E-state index contributed by atoms with van der Waals surface area (Å²) < 4.78 is 59.8. The summed E-state index contributed by atoms with van der Waals surface area (Å²) in [6.07, 6.45) is 0. The lowest BCUT2D eigenvalue weighted by Gasteiger charge is -2.19. The maximum absolute atomic E-state index is 12.6. The fraction of sp³-hybridized carbons (Fsp3) is 0.400. The molecule has 2 rings (SSSR count). The van der Waals surface area contributed by atoms with Crippen molar-refractivity contribution in [1.29, 1.82) is 0 Å². The second-order valence-electron chi connectivity index (χ2n) is 7.88. The quantitative estimate of drug-likeness (QED) is 0.657. The Labute approximate surface area is 173 Å². The first-order chi connectivity index (χ1) is 13.3. The molecule has 2 N–H and O–H groups in total. The van der Waals surface area contributed by atoms with E-state index in [1.165, 1.54) is 31.4 Å². The summed E-state index contributed by atoms with van der Waals surface area (Å²) in [5.41, 5.74) is 1.22. The molecule has 1 atom stereocenters. The minimum atomic E-state index is -3.78. The van der Waals surface area contributed by atoms with Crippen LogP contribution < -0.4 is 9.44 Å². The van der Waals surface area contributed by atoms with Crippen LogP contribution in [-0.2, 0) is 30.2 Å². The van der Waals surface area contributed by atoms with Gasteiger partial charge in [-0.2, -0.15) is 0 Å². The highest BCUT2D eigenvalue weighted by Crippen LogP contribution is 2.24. The molecule has 0 amide bonds.